The van der Waals surface area contributed by atoms with E-state index in [2.05, 4.69) is 24.3 Å². The molecule has 8 saturated carbocycles. The third kappa shape index (κ3) is 4.45. The SMILES string of the molecule is COC(=O)C12CC3CC(C(=O)O)(C1)CC(c1ccccc1)(C3)C2.COC(=O)C12CC3CC(C(N)=O)(C1)CC(c1ccccc1)(C3)C2. The van der Waals surface area contributed by atoms with E-state index in [-0.39, 0.29) is 28.7 Å². The molecule has 10 rings (SSSR count). The first kappa shape index (κ1) is 30.9. The highest BCUT2D eigenvalue weighted by Gasteiger charge is 2.70. The average molecular weight is 628 g/mol. The van der Waals surface area contributed by atoms with Crippen LogP contribution in [0, 0.1) is 33.5 Å². The van der Waals surface area contributed by atoms with Crippen LogP contribution in [-0.2, 0) is 39.5 Å². The molecule has 8 bridgehead atoms. The Kier molecular flexibility index (Phi) is 7.01. The summed E-state index contributed by atoms with van der Waals surface area (Å²) in [6.45, 7) is 0. The van der Waals surface area contributed by atoms with E-state index in [4.69, 9.17) is 15.2 Å². The van der Waals surface area contributed by atoms with Gasteiger partial charge in [-0.2, -0.15) is 0 Å². The van der Waals surface area contributed by atoms with E-state index in [0.29, 0.717) is 37.5 Å². The summed E-state index contributed by atoms with van der Waals surface area (Å²) in [7, 11) is 2.87. The minimum Gasteiger partial charge on any atom is -0.481 e. The Balaban J connectivity index is 0.000000147. The summed E-state index contributed by atoms with van der Waals surface area (Å²) in [6.07, 6.45) is 9.11. The monoisotopic (exact) mass is 627 g/mol. The zero-order valence-electron chi connectivity index (χ0n) is 26.9. The van der Waals surface area contributed by atoms with Crippen molar-refractivity contribution in [1.29, 1.82) is 0 Å². The topological polar surface area (TPSA) is 133 Å². The van der Waals surface area contributed by atoms with Gasteiger partial charge < -0.3 is 20.3 Å². The highest BCUT2D eigenvalue weighted by Crippen LogP contribution is 2.71. The zero-order valence-corrected chi connectivity index (χ0v) is 26.9. The third-order valence-electron chi connectivity index (χ3n) is 13.1. The van der Waals surface area contributed by atoms with Crippen LogP contribution in [0.15, 0.2) is 60.7 Å². The Labute approximate surface area is 270 Å². The molecular weight excluding hydrogens is 582 g/mol. The molecule has 8 fully saturated rings. The Hall–Kier alpha value is -3.68. The van der Waals surface area contributed by atoms with Crippen molar-refractivity contribution >= 4 is 23.8 Å². The van der Waals surface area contributed by atoms with Crippen molar-refractivity contribution in [2.24, 2.45) is 39.2 Å². The summed E-state index contributed by atoms with van der Waals surface area (Å²) in [4.78, 5) is 49.7. The maximum atomic E-state index is 12.6. The van der Waals surface area contributed by atoms with Crippen LogP contribution in [0.1, 0.15) is 88.2 Å². The lowest BCUT2D eigenvalue weighted by Gasteiger charge is -2.64. The molecule has 0 radical (unpaired) electrons. The highest BCUT2D eigenvalue weighted by molar-refractivity contribution is 5.86. The van der Waals surface area contributed by atoms with E-state index in [0.717, 1.165) is 51.4 Å². The van der Waals surface area contributed by atoms with E-state index < -0.39 is 27.6 Å². The minimum absolute atomic E-state index is 0.121. The first-order valence-corrected chi connectivity index (χ1v) is 16.7. The summed E-state index contributed by atoms with van der Waals surface area (Å²) in [6, 6.07) is 20.5. The number of carbonyl (C=O) groups is 4. The lowest BCUT2D eigenvalue weighted by atomic mass is 9.38. The molecule has 0 heterocycles. The number of hydrogen-bond acceptors (Lipinski definition) is 6. The fourth-order valence-electron chi connectivity index (χ4n) is 12.5. The second-order valence-electron chi connectivity index (χ2n) is 16.1. The summed E-state index contributed by atoms with van der Waals surface area (Å²) >= 11 is 0. The zero-order chi connectivity index (χ0) is 32.6. The second-order valence-corrected chi connectivity index (χ2v) is 16.1. The van der Waals surface area contributed by atoms with Gasteiger partial charge in [0.25, 0.3) is 0 Å². The standard InChI is InChI=1S/C19H23NO3.C19H22O4/c2*1-23-16(22)19-9-13-7-17(11-19,14-5-3-2-4-6-14)10-18(8-13,12-19)15(20)21/h2-6,13H,7-12H2,1H3,(H2,20,21);2-6,13H,7-12H2,1H3,(H,20,21). The molecule has 1 amide bonds. The molecule has 8 heteroatoms. The molecule has 8 nitrogen and oxygen atoms in total. The number of primary amides is 1. The minimum atomic E-state index is -0.774. The van der Waals surface area contributed by atoms with Gasteiger partial charge in [0.1, 0.15) is 0 Å². The maximum Gasteiger partial charge on any atom is 0.311 e. The number of benzene rings is 2. The predicted molar refractivity (Wildman–Crippen MR) is 169 cm³/mol. The van der Waals surface area contributed by atoms with Crippen LogP contribution in [-0.4, -0.2) is 43.1 Å². The smallest absolute Gasteiger partial charge is 0.311 e. The summed E-state index contributed by atoms with van der Waals surface area (Å²) < 4.78 is 10.3. The van der Waals surface area contributed by atoms with E-state index in [9.17, 15) is 24.3 Å². The van der Waals surface area contributed by atoms with Crippen molar-refractivity contribution in [2.45, 2.75) is 87.9 Å². The van der Waals surface area contributed by atoms with Gasteiger partial charge in [-0.3, -0.25) is 19.2 Å². The number of carbonyl (C=O) groups excluding carboxylic acids is 3. The predicted octanol–water partition coefficient (Wildman–Crippen LogP) is 5.71. The van der Waals surface area contributed by atoms with Crippen LogP contribution in [0.4, 0.5) is 0 Å². The number of rotatable bonds is 6. The molecule has 0 aromatic heterocycles. The molecule has 8 aliphatic carbocycles. The van der Waals surface area contributed by atoms with Crippen molar-refractivity contribution in [3.05, 3.63) is 71.8 Å². The molecule has 3 N–H and O–H groups in total. The highest BCUT2D eigenvalue weighted by atomic mass is 16.5. The Morgan fingerprint density at radius 3 is 1.37 bits per heavy atom. The summed E-state index contributed by atoms with van der Waals surface area (Å²) in [5, 5.41) is 9.96. The first-order chi connectivity index (χ1) is 21.9. The first-order valence-electron chi connectivity index (χ1n) is 16.7. The lowest BCUT2D eigenvalue weighted by Crippen LogP contribution is -2.64. The normalized spacial score (nSPS) is 40.8. The van der Waals surface area contributed by atoms with Gasteiger partial charge in [-0.15, -0.1) is 0 Å². The number of esters is 2. The van der Waals surface area contributed by atoms with Crippen LogP contribution in [0.2, 0.25) is 0 Å². The quantitative estimate of drug-likeness (QED) is 0.392. The summed E-state index contributed by atoms with van der Waals surface area (Å²) in [5.74, 6) is -0.690. The van der Waals surface area contributed by atoms with Crippen LogP contribution in [0.25, 0.3) is 0 Å². The van der Waals surface area contributed by atoms with E-state index >= 15 is 0 Å². The fourth-order valence-corrected chi connectivity index (χ4v) is 12.5. The van der Waals surface area contributed by atoms with Gasteiger partial charge in [0.15, 0.2) is 0 Å². The average Bonchev–Trinajstić information content (AvgIpc) is 3.04. The van der Waals surface area contributed by atoms with E-state index in [1.807, 2.05) is 36.4 Å². The number of carboxylic acid groups (broad SMARTS) is 1. The van der Waals surface area contributed by atoms with Crippen molar-refractivity contribution < 1.29 is 33.8 Å². The largest absolute Gasteiger partial charge is 0.481 e. The van der Waals surface area contributed by atoms with E-state index in [1.54, 1.807) is 0 Å². The number of carboxylic acids is 1. The van der Waals surface area contributed by atoms with Crippen molar-refractivity contribution in [1.82, 2.24) is 0 Å². The van der Waals surface area contributed by atoms with E-state index in [1.165, 1.54) is 25.3 Å². The summed E-state index contributed by atoms with van der Waals surface area (Å²) in [5.41, 5.74) is 5.45. The van der Waals surface area contributed by atoms with Gasteiger partial charge in [-0.05, 0) is 111 Å². The van der Waals surface area contributed by atoms with Gasteiger partial charge >= 0.3 is 17.9 Å². The van der Waals surface area contributed by atoms with Gasteiger partial charge in [0.2, 0.25) is 5.91 Å². The molecule has 0 aliphatic heterocycles. The number of nitrogens with two attached hydrogens (primary N) is 1. The molecule has 2 aromatic carbocycles. The molecule has 0 saturated heterocycles. The van der Waals surface area contributed by atoms with Crippen LogP contribution < -0.4 is 5.73 Å². The molecule has 2 aromatic rings. The van der Waals surface area contributed by atoms with Crippen LogP contribution in [0.3, 0.4) is 0 Å². The van der Waals surface area contributed by atoms with Crippen LogP contribution in [0.5, 0.6) is 0 Å². The van der Waals surface area contributed by atoms with Crippen LogP contribution >= 0.6 is 0 Å². The second kappa shape index (κ2) is 10.4. The molecule has 8 unspecified atom stereocenters. The van der Waals surface area contributed by atoms with Gasteiger partial charge in [0, 0.05) is 0 Å². The molecule has 46 heavy (non-hydrogen) atoms. The number of hydrogen-bond donors (Lipinski definition) is 2. The number of ether oxygens (including phenoxy) is 2. The molecule has 8 aliphatic rings. The van der Waals surface area contributed by atoms with Crippen molar-refractivity contribution in [2.75, 3.05) is 14.2 Å². The third-order valence-corrected chi connectivity index (χ3v) is 13.1. The lowest BCUT2D eigenvalue weighted by molar-refractivity contribution is -0.193. The molecule has 8 atom stereocenters. The number of amides is 1. The van der Waals surface area contributed by atoms with Gasteiger partial charge in [-0.1, -0.05) is 60.7 Å². The van der Waals surface area contributed by atoms with Gasteiger partial charge in [0.05, 0.1) is 35.9 Å². The Bertz CT molecular complexity index is 1460. The number of aliphatic carboxylic acids is 1. The van der Waals surface area contributed by atoms with Gasteiger partial charge in [-0.25, -0.2) is 0 Å². The molecule has 0 spiro atoms. The fraction of sp³-hybridized carbons (Fsp3) is 0.579. The molecule has 244 valence electrons. The van der Waals surface area contributed by atoms with Crippen molar-refractivity contribution in [3.63, 3.8) is 0 Å². The molecular formula is C38H45NO7. The number of methoxy groups -OCH3 is 2. The Morgan fingerprint density at radius 2 is 0.957 bits per heavy atom. The maximum absolute atomic E-state index is 12.6. The van der Waals surface area contributed by atoms with Crippen molar-refractivity contribution in [3.8, 4) is 0 Å². The Morgan fingerprint density at radius 1 is 0.587 bits per heavy atom.